The highest BCUT2D eigenvalue weighted by molar-refractivity contribution is 7.99. The van der Waals surface area contributed by atoms with Crippen molar-refractivity contribution in [1.82, 2.24) is 0 Å². The number of halogens is 2. The minimum atomic E-state index is -0.492. The molecule has 0 aliphatic rings. The number of hydrogen-bond donors (Lipinski definition) is 1. The van der Waals surface area contributed by atoms with Gasteiger partial charge in [0.1, 0.15) is 0 Å². The molecule has 2 aromatic rings. The molecular weight excluding hydrogens is 317 g/mol. The van der Waals surface area contributed by atoms with Crippen LogP contribution in [0.15, 0.2) is 46.2 Å². The van der Waals surface area contributed by atoms with Crippen molar-refractivity contribution in [3.8, 4) is 0 Å². The number of carbonyl (C=O) groups excluding carboxylic acids is 1. The summed E-state index contributed by atoms with van der Waals surface area (Å²) in [5.41, 5.74) is 6.44. The number of hydrogen-bond acceptors (Lipinski definition) is 4. The zero-order valence-corrected chi connectivity index (χ0v) is 12.9. The maximum Gasteiger partial charge on any atom is 0.339 e. The van der Waals surface area contributed by atoms with E-state index in [1.165, 1.54) is 24.9 Å². The number of ether oxygens (including phenoxy) is 1. The summed E-state index contributed by atoms with van der Waals surface area (Å²) < 4.78 is 4.76. The van der Waals surface area contributed by atoms with Crippen LogP contribution in [0.1, 0.15) is 10.4 Å². The van der Waals surface area contributed by atoms with E-state index in [0.29, 0.717) is 26.2 Å². The van der Waals surface area contributed by atoms with Crippen molar-refractivity contribution in [2.45, 2.75) is 9.79 Å². The largest absolute Gasteiger partial charge is 0.465 e. The summed E-state index contributed by atoms with van der Waals surface area (Å²) in [5.74, 6) is -0.492. The molecule has 20 heavy (non-hydrogen) atoms. The number of esters is 1. The molecule has 0 amide bonds. The Morgan fingerprint density at radius 2 is 1.90 bits per heavy atom. The van der Waals surface area contributed by atoms with E-state index in [1.807, 2.05) is 18.2 Å². The number of nitrogens with two attached hydrogens (primary N) is 1. The molecular formula is C14H11Cl2NO2S. The SMILES string of the molecule is COC(=O)c1cc(N)cc(Cl)c1Sc1ccccc1Cl. The first kappa shape index (κ1) is 15.0. The summed E-state index contributed by atoms with van der Waals surface area (Å²) in [5, 5.41) is 0.969. The summed E-state index contributed by atoms with van der Waals surface area (Å²) in [4.78, 5) is 13.2. The van der Waals surface area contributed by atoms with E-state index in [2.05, 4.69) is 0 Å². The molecule has 0 spiro atoms. The lowest BCUT2D eigenvalue weighted by molar-refractivity contribution is 0.0597. The zero-order valence-electron chi connectivity index (χ0n) is 10.5. The number of rotatable bonds is 3. The van der Waals surface area contributed by atoms with Gasteiger partial charge in [-0.3, -0.25) is 0 Å². The summed E-state index contributed by atoms with van der Waals surface area (Å²) in [6, 6.07) is 10.4. The van der Waals surface area contributed by atoms with E-state index < -0.39 is 5.97 Å². The van der Waals surface area contributed by atoms with Crippen molar-refractivity contribution in [3.63, 3.8) is 0 Å². The Labute approximate surface area is 131 Å². The van der Waals surface area contributed by atoms with E-state index in [0.717, 1.165) is 4.90 Å². The quantitative estimate of drug-likeness (QED) is 0.665. The Kier molecular flexibility index (Phi) is 4.81. The van der Waals surface area contributed by atoms with Gasteiger partial charge in [-0.25, -0.2) is 4.79 Å². The average Bonchev–Trinajstić information content (AvgIpc) is 2.42. The number of carbonyl (C=O) groups is 1. The van der Waals surface area contributed by atoms with Gasteiger partial charge in [-0.05, 0) is 24.3 Å². The normalized spacial score (nSPS) is 10.3. The fraction of sp³-hybridized carbons (Fsp3) is 0.0714. The van der Waals surface area contributed by atoms with Gasteiger partial charge in [0.2, 0.25) is 0 Å². The topological polar surface area (TPSA) is 52.3 Å². The molecule has 2 rings (SSSR count). The van der Waals surface area contributed by atoms with Gasteiger partial charge in [-0.1, -0.05) is 47.1 Å². The first-order valence-electron chi connectivity index (χ1n) is 5.62. The molecule has 0 bridgehead atoms. The fourth-order valence-corrected chi connectivity index (χ4v) is 3.15. The molecule has 3 nitrogen and oxygen atoms in total. The van der Waals surface area contributed by atoms with Crippen molar-refractivity contribution in [2.75, 3.05) is 12.8 Å². The number of benzene rings is 2. The third-order valence-corrected chi connectivity index (χ3v) is 4.59. The summed E-state index contributed by atoms with van der Waals surface area (Å²) in [7, 11) is 1.31. The van der Waals surface area contributed by atoms with Crippen LogP contribution in [0.4, 0.5) is 5.69 Å². The van der Waals surface area contributed by atoms with Gasteiger partial charge < -0.3 is 10.5 Å². The van der Waals surface area contributed by atoms with Crippen LogP contribution in [0.3, 0.4) is 0 Å². The average molecular weight is 328 g/mol. The molecule has 0 saturated carbocycles. The first-order valence-corrected chi connectivity index (χ1v) is 7.20. The van der Waals surface area contributed by atoms with Crippen LogP contribution < -0.4 is 5.73 Å². The highest BCUT2D eigenvalue weighted by atomic mass is 35.5. The van der Waals surface area contributed by atoms with Gasteiger partial charge in [0, 0.05) is 15.5 Å². The van der Waals surface area contributed by atoms with Crippen molar-refractivity contribution in [3.05, 3.63) is 52.0 Å². The molecule has 0 aliphatic carbocycles. The van der Waals surface area contributed by atoms with Crippen molar-refractivity contribution in [1.29, 1.82) is 0 Å². The number of methoxy groups -OCH3 is 1. The Morgan fingerprint density at radius 3 is 2.55 bits per heavy atom. The molecule has 2 N–H and O–H groups in total. The Morgan fingerprint density at radius 1 is 1.20 bits per heavy atom. The molecule has 2 aromatic carbocycles. The van der Waals surface area contributed by atoms with Crippen molar-refractivity contribution in [2.24, 2.45) is 0 Å². The number of nitrogen functional groups attached to an aromatic ring is 1. The Balaban J connectivity index is 2.50. The van der Waals surface area contributed by atoms with Gasteiger partial charge >= 0.3 is 5.97 Å². The highest BCUT2D eigenvalue weighted by Crippen LogP contribution is 2.40. The predicted octanol–water partition coefficient (Wildman–Crippen LogP) is 4.51. The molecule has 104 valence electrons. The minimum absolute atomic E-state index is 0.322. The van der Waals surface area contributed by atoms with Crippen molar-refractivity contribution < 1.29 is 9.53 Å². The van der Waals surface area contributed by atoms with Gasteiger partial charge in [0.25, 0.3) is 0 Å². The van der Waals surface area contributed by atoms with Gasteiger partial charge in [-0.2, -0.15) is 0 Å². The van der Waals surface area contributed by atoms with Gasteiger partial charge in [-0.15, -0.1) is 0 Å². The second-order valence-corrected chi connectivity index (χ2v) is 5.77. The third kappa shape index (κ3) is 3.20. The van der Waals surface area contributed by atoms with Crippen LogP contribution in [0.2, 0.25) is 10.0 Å². The molecule has 0 unspecified atom stereocenters. The van der Waals surface area contributed by atoms with E-state index in [-0.39, 0.29) is 0 Å². The van der Waals surface area contributed by atoms with E-state index >= 15 is 0 Å². The van der Waals surface area contributed by atoms with Crippen LogP contribution >= 0.6 is 35.0 Å². The van der Waals surface area contributed by atoms with E-state index in [9.17, 15) is 4.79 Å². The molecule has 0 aliphatic heterocycles. The molecule has 0 atom stereocenters. The van der Waals surface area contributed by atoms with Crippen LogP contribution in [0.25, 0.3) is 0 Å². The maximum absolute atomic E-state index is 11.8. The summed E-state index contributed by atoms with van der Waals surface area (Å²) >= 11 is 13.6. The van der Waals surface area contributed by atoms with Gasteiger partial charge in [0.05, 0.1) is 22.7 Å². The second kappa shape index (κ2) is 6.39. The van der Waals surface area contributed by atoms with Crippen LogP contribution in [0, 0.1) is 0 Å². The lowest BCUT2D eigenvalue weighted by atomic mass is 10.2. The molecule has 0 radical (unpaired) electrons. The number of anilines is 1. The van der Waals surface area contributed by atoms with Crippen LogP contribution in [0.5, 0.6) is 0 Å². The van der Waals surface area contributed by atoms with E-state index in [1.54, 1.807) is 12.1 Å². The molecule has 0 fully saturated rings. The highest BCUT2D eigenvalue weighted by Gasteiger charge is 2.18. The molecule has 0 saturated heterocycles. The van der Waals surface area contributed by atoms with Crippen LogP contribution in [-0.2, 0) is 4.74 Å². The lowest BCUT2D eigenvalue weighted by Gasteiger charge is -2.11. The predicted molar refractivity (Wildman–Crippen MR) is 82.8 cm³/mol. The van der Waals surface area contributed by atoms with E-state index in [4.69, 9.17) is 33.7 Å². The van der Waals surface area contributed by atoms with Gasteiger partial charge in [0.15, 0.2) is 0 Å². The Hall–Kier alpha value is -1.36. The monoisotopic (exact) mass is 327 g/mol. The zero-order chi connectivity index (χ0) is 14.7. The smallest absolute Gasteiger partial charge is 0.339 e. The van der Waals surface area contributed by atoms with Crippen molar-refractivity contribution >= 4 is 46.6 Å². The first-order chi connectivity index (χ1) is 9.52. The van der Waals surface area contributed by atoms with Crippen LogP contribution in [-0.4, -0.2) is 13.1 Å². The maximum atomic E-state index is 11.8. The molecule has 0 aromatic heterocycles. The second-order valence-electron chi connectivity index (χ2n) is 3.90. The molecule has 0 heterocycles. The third-order valence-electron chi connectivity index (χ3n) is 2.52. The molecule has 6 heteroatoms. The summed E-state index contributed by atoms with van der Waals surface area (Å²) in [6.07, 6.45) is 0. The Bertz CT molecular complexity index is 662. The standard InChI is InChI=1S/C14H11Cl2NO2S/c1-19-14(18)9-6-8(17)7-11(16)13(9)20-12-5-3-2-4-10(12)15/h2-7H,17H2,1H3. The minimum Gasteiger partial charge on any atom is -0.465 e. The fourth-order valence-electron chi connectivity index (χ4n) is 1.62. The summed E-state index contributed by atoms with van der Waals surface area (Å²) in [6.45, 7) is 0. The lowest BCUT2D eigenvalue weighted by Crippen LogP contribution is -2.05.